The lowest BCUT2D eigenvalue weighted by molar-refractivity contribution is 0.588. The highest BCUT2D eigenvalue weighted by atomic mass is 32.2. The summed E-state index contributed by atoms with van der Waals surface area (Å²) >= 11 is 0. The topological polar surface area (TPSA) is 58.2 Å². The van der Waals surface area contributed by atoms with Crippen molar-refractivity contribution < 1.29 is 12.8 Å². The van der Waals surface area contributed by atoms with Gasteiger partial charge in [0.05, 0.1) is 10.9 Å². The minimum absolute atomic E-state index is 0.189. The first-order valence-corrected chi connectivity index (χ1v) is 7.97. The van der Waals surface area contributed by atoms with Gasteiger partial charge in [-0.2, -0.15) is 0 Å². The summed E-state index contributed by atoms with van der Waals surface area (Å²) in [6.07, 6.45) is 0. The zero-order chi connectivity index (χ0) is 15.5. The summed E-state index contributed by atoms with van der Waals surface area (Å²) in [5.74, 6) is -0.271. The predicted octanol–water partition coefficient (Wildman–Crippen LogP) is 2.91. The summed E-state index contributed by atoms with van der Waals surface area (Å²) in [7, 11) is -2.08. The highest BCUT2D eigenvalue weighted by Crippen LogP contribution is 2.22. The number of anilines is 1. The third-order valence-corrected chi connectivity index (χ3v) is 4.62. The number of sulfonamides is 1. The van der Waals surface area contributed by atoms with Crippen LogP contribution in [0.15, 0.2) is 53.4 Å². The van der Waals surface area contributed by atoms with Crippen molar-refractivity contribution >= 4 is 15.7 Å². The second-order valence-electron chi connectivity index (χ2n) is 4.62. The van der Waals surface area contributed by atoms with Crippen molar-refractivity contribution in [2.75, 3.05) is 12.4 Å². The summed E-state index contributed by atoms with van der Waals surface area (Å²) in [4.78, 5) is 0.189. The molecular formula is C15H17FN2O2S. The van der Waals surface area contributed by atoms with Crippen LogP contribution in [-0.2, 0) is 10.0 Å². The Bertz CT molecular complexity index is 715. The Balaban J connectivity index is 2.16. The average molecular weight is 308 g/mol. The number of benzene rings is 2. The molecule has 21 heavy (non-hydrogen) atoms. The molecule has 0 spiro atoms. The third kappa shape index (κ3) is 3.59. The molecule has 112 valence electrons. The van der Waals surface area contributed by atoms with E-state index in [4.69, 9.17) is 0 Å². The number of halogens is 1. The maximum atomic E-state index is 13.7. The molecule has 0 aliphatic rings. The minimum atomic E-state index is -3.44. The molecule has 4 nitrogen and oxygen atoms in total. The summed E-state index contributed by atoms with van der Waals surface area (Å²) in [6.45, 7) is 1.84. The van der Waals surface area contributed by atoms with Crippen molar-refractivity contribution in [2.24, 2.45) is 0 Å². The number of nitrogens with one attached hydrogen (secondary N) is 2. The zero-order valence-corrected chi connectivity index (χ0v) is 12.6. The third-order valence-electron chi connectivity index (χ3n) is 3.19. The molecule has 0 bridgehead atoms. The summed E-state index contributed by atoms with van der Waals surface area (Å²) in [5, 5.41) is 3.14. The zero-order valence-electron chi connectivity index (χ0n) is 11.8. The smallest absolute Gasteiger partial charge is 0.240 e. The van der Waals surface area contributed by atoms with Crippen LogP contribution < -0.4 is 10.0 Å². The van der Waals surface area contributed by atoms with Gasteiger partial charge in [0.15, 0.2) is 0 Å². The fourth-order valence-corrected chi connectivity index (χ4v) is 2.73. The van der Waals surface area contributed by atoms with Gasteiger partial charge in [-0.05, 0) is 44.3 Å². The second kappa shape index (κ2) is 6.24. The quantitative estimate of drug-likeness (QED) is 0.893. The van der Waals surface area contributed by atoms with Gasteiger partial charge in [0.25, 0.3) is 0 Å². The van der Waals surface area contributed by atoms with Crippen LogP contribution in [0, 0.1) is 5.82 Å². The normalized spacial score (nSPS) is 12.9. The molecule has 0 heterocycles. The molecule has 0 aliphatic heterocycles. The number of hydrogen-bond donors (Lipinski definition) is 2. The van der Waals surface area contributed by atoms with Gasteiger partial charge in [-0.3, -0.25) is 0 Å². The first-order valence-electron chi connectivity index (χ1n) is 6.48. The molecule has 1 unspecified atom stereocenters. The minimum Gasteiger partial charge on any atom is -0.378 e. The van der Waals surface area contributed by atoms with Crippen LogP contribution in [0.5, 0.6) is 0 Å². The van der Waals surface area contributed by atoms with Gasteiger partial charge >= 0.3 is 0 Å². The predicted molar refractivity (Wildman–Crippen MR) is 81.1 cm³/mol. The van der Waals surface area contributed by atoms with Crippen molar-refractivity contribution in [2.45, 2.75) is 17.9 Å². The van der Waals surface area contributed by atoms with E-state index in [1.165, 1.54) is 25.2 Å². The lowest BCUT2D eigenvalue weighted by Crippen LogP contribution is -2.18. The Morgan fingerprint density at radius 3 is 2.24 bits per heavy atom. The van der Waals surface area contributed by atoms with Crippen molar-refractivity contribution in [1.82, 2.24) is 4.72 Å². The van der Waals surface area contributed by atoms with Crippen LogP contribution in [0.3, 0.4) is 0 Å². The highest BCUT2D eigenvalue weighted by Gasteiger charge is 2.12. The molecule has 2 rings (SSSR count). The molecule has 1 atom stereocenters. The fourth-order valence-electron chi connectivity index (χ4n) is 2.00. The van der Waals surface area contributed by atoms with E-state index < -0.39 is 10.0 Å². The van der Waals surface area contributed by atoms with Crippen LogP contribution >= 0.6 is 0 Å². The van der Waals surface area contributed by atoms with Gasteiger partial charge in [0, 0.05) is 11.3 Å². The molecule has 6 heteroatoms. The second-order valence-corrected chi connectivity index (χ2v) is 6.51. The van der Waals surface area contributed by atoms with E-state index in [0.717, 1.165) is 5.69 Å². The Morgan fingerprint density at radius 1 is 1.05 bits per heavy atom. The standard InChI is InChI=1S/C15H17FN2O2S/c1-11(14-5-3-4-6-15(14)16)18-12-7-9-13(10-8-12)21(19,20)17-2/h3-11,17-18H,1-2H3. The molecule has 2 aromatic carbocycles. The van der Waals surface area contributed by atoms with Crippen molar-refractivity contribution in [1.29, 1.82) is 0 Å². The van der Waals surface area contributed by atoms with Gasteiger partial charge < -0.3 is 5.32 Å². The van der Waals surface area contributed by atoms with Crippen LogP contribution in [0.1, 0.15) is 18.5 Å². The maximum Gasteiger partial charge on any atom is 0.240 e. The van der Waals surface area contributed by atoms with Gasteiger partial charge in [0.2, 0.25) is 10.0 Å². The van der Waals surface area contributed by atoms with Crippen molar-refractivity contribution in [3.05, 3.63) is 59.9 Å². The summed E-state index contributed by atoms with van der Waals surface area (Å²) in [5.41, 5.74) is 1.28. The molecule has 0 aliphatic carbocycles. The Kier molecular flexibility index (Phi) is 4.59. The van der Waals surface area contributed by atoms with Crippen LogP contribution in [0.4, 0.5) is 10.1 Å². The summed E-state index contributed by atoms with van der Waals surface area (Å²) < 4.78 is 39.2. The van der Waals surface area contributed by atoms with E-state index in [2.05, 4.69) is 10.0 Å². The van der Waals surface area contributed by atoms with E-state index in [1.807, 2.05) is 6.92 Å². The SMILES string of the molecule is CNS(=O)(=O)c1ccc(NC(C)c2ccccc2F)cc1. The molecular weight excluding hydrogens is 291 g/mol. The van der Waals surface area contributed by atoms with Gasteiger partial charge in [0.1, 0.15) is 5.82 Å². The molecule has 0 fully saturated rings. The summed E-state index contributed by atoms with van der Waals surface area (Å²) in [6, 6.07) is 12.6. The molecule has 0 amide bonds. The molecule has 0 aromatic heterocycles. The molecule has 2 N–H and O–H groups in total. The Labute approximate surface area is 124 Å². The Morgan fingerprint density at radius 2 is 1.67 bits per heavy atom. The fraction of sp³-hybridized carbons (Fsp3) is 0.200. The van der Waals surface area contributed by atoms with Crippen molar-refractivity contribution in [3.63, 3.8) is 0 Å². The van der Waals surface area contributed by atoms with E-state index in [1.54, 1.807) is 30.3 Å². The molecule has 0 saturated carbocycles. The van der Waals surface area contributed by atoms with Crippen LogP contribution in [0.2, 0.25) is 0 Å². The van der Waals surface area contributed by atoms with E-state index in [0.29, 0.717) is 5.56 Å². The average Bonchev–Trinajstić information content (AvgIpc) is 2.48. The molecule has 0 radical (unpaired) electrons. The largest absolute Gasteiger partial charge is 0.378 e. The van der Waals surface area contributed by atoms with Crippen LogP contribution in [-0.4, -0.2) is 15.5 Å². The maximum absolute atomic E-state index is 13.7. The van der Waals surface area contributed by atoms with Crippen LogP contribution in [0.25, 0.3) is 0 Å². The van der Waals surface area contributed by atoms with E-state index in [-0.39, 0.29) is 16.8 Å². The lowest BCUT2D eigenvalue weighted by atomic mass is 10.1. The van der Waals surface area contributed by atoms with Crippen molar-refractivity contribution in [3.8, 4) is 0 Å². The van der Waals surface area contributed by atoms with Gasteiger partial charge in [-0.1, -0.05) is 18.2 Å². The highest BCUT2D eigenvalue weighted by molar-refractivity contribution is 7.89. The number of hydrogen-bond acceptors (Lipinski definition) is 3. The number of rotatable bonds is 5. The molecule has 2 aromatic rings. The Hall–Kier alpha value is -1.92. The van der Waals surface area contributed by atoms with E-state index >= 15 is 0 Å². The van der Waals surface area contributed by atoms with E-state index in [9.17, 15) is 12.8 Å². The van der Waals surface area contributed by atoms with Gasteiger partial charge in [-0.25, -0.2) is 17.5 Å². The van der Waals surface area contributed by atoms with Gasteiger partial charge in [-0.15, -0.1) is 0 Å². The monoisotopic (exact) mass is 308 g/mol. The first kappa shape index (κ1) is 15.5. The lowest BCUT2D eigenvalue weighted by Gasteiger charge is -2.16. The first-order chi connectivity index (χ1) is 9.94. The molecule has 0 saturated heterocycles.